The number of hydrogen-bond donors (Lipinski definition) is 0. The number of thiazole rings is 1. The van der Waals surface area contributed by atoms with Gasteiger partial charge in [0.15, 0.2) is 4.96 Å². The second-order valence-corrected chi connectivity index (χ2v) is 7.37. The maximum atomic E-state index is 11.8. The van der Waals surface area contributed by atoms with Gasteiger partial charge in [-0.2, -0.15) is 0 Å². The summed E-state index contributed by atoms with van der Waals surface area (Å²) in [5.41, 5.74) is 3.04. The molecule has 1 aromatic carbocycles. The molecule has 116 valence electrons. The van der Waals surface area contributed by atoms with E-state index < -0.39 is 0 Å². The van der Waals surface area contributed by atoms with E-state index in [-0.39, 0.29) is 12.4 Å². The van der Waals surface area contributed by atoms with E-state index in [4.69, 9.17) is 16.3 Å². The van der Waals surface area contributed by atoms with Crippen LogP contribution in [0.2, 0.25) is 5.02 Å². The zero-order valence-electron chi connectivity index (χ0n) is 12.1. The molecule has 7 heteroatoms. The SMILES string of the molecule is COC(=O)Cc1sc2nc3sccc3n2c1-c1ccc(Cl)cc1. The largest absolute Gasteiger partial charge is 0.469 e. The van der Waals surface area contributed by atoms with Gasteiger partial charge in [0.25, 0.3) is 0 Å². The van der Waals surface area contributed by atoms with E-state index in [0.29, 0.717) is 5.02 Å². The van der Waals surface area contributed by atoms with Crippen LogP contribution in [0.1, 0.15) is 4.88 Å². The third-order valence-electron chi connectivity index (χ3n) is 3.61. The molecule has 0 saturated heterocycles. The van der Waals surface area contributed by atoms with Gasteiger partial charge < -0.3 is 4.74 Å². The zero-order chi connectivity index (χ0) is 16.0. The Balaban J connectivity index is 2.00. The van der Waals surface area contributed by atoms with E-state index in [1.807, 2.05) is 35.7 Å². The van der Waals surface area contributed by atoms with Crippen molar-refractivity contribution >= 4 is 55.6 Å². The van der Waals surface area contributed by atoms with E-state index in [0.717, 1.165) is 31.4 Å². The monoisotopic (exact) mass is 362 g/mol. The Hall–Kier alpha value is -1.89. The number of esters is 1. The molecule has 0 aliphatic carbocycles. The molecule has 0 aliphatic heterocycles. The molecule has 23 heavy (non-hydrogen) atoms. The molecule has 0 atom stereocenters. The molecule has 0 aliphatic rings. The lowest BCUT2D eigenvalue weighted by Gasteiger charge is -2.05. The van der Waals surface area contributed by atoms with Gasteiger partial charge in [-0.05, 0) is 29.1 Å². The highest BCUT2D eigenvalue weighted by molar-refractivity contribution is 7.19. The lowest BCUT2D eigenvalue weighted by atomic mass is 10.1. The van der Waals surface area contributed by atoms with Crippen LogP contribution < -0.4 is 0 Å². The number of carbonyl (C=O) groups is 1. The van der Waals surface area contributed by atoms with Crippen molar-refractivity contribution < 1.29 is 9.53 Å². The number of hydrogen-bond acceptors (Lipinski definition) is 5. The van der Waals surface area contributed by atoms with Crippen molar-refractivity contribution in [3.05, 3.63) is 45.6 Å². The fourth-order valence-electron chi connectivity index (χ4n) is 2.58. The molecule has 0 N–H and O–H groups in total. The lowest BCUT2D eigenvalue weighted by Crippen LogP contribution is -2.04. The molecule has 0 saturated carbocycles. The Kier molecular flexibility index (Phi) is 3.60. The fraction of sp³-hybridized carbons (Fsp3) is 0.125. The number of aromatic nitrogens is 2. The van der Waals surface area contributed by atoms with Crippen molar-refractivity contribution in [2.24, 2.45) is 0 Å². The summed E-state index contributed by atoms with van der Waals surface area (Å²) in [7, 11) is 1.40. The third-order valence-corrected chi connectivity index (χ3v) is 5.69. The molecule has 4 nitrogen and oxygen atoms in total. The topological polar surface area (TPSA) is 43.6 Å². The first-order valence-corrected chi connectivity index (χ1v) is 8.95. The number of benzene rings is 1. The third kappa shape index (κ3) is 2.43. The second kappa shape index (κ2) is 5.63. The number of halogens is 1. The summed E-state index contributed by atoms with van der Waals surface area (Å²) in [4.78, 5) is 19.2. The molecule has 4 rings (SSSR count). The summed E-state index contributed by atoms with van der Waals surface area (Å²) < 4.78 is 6.94. The van der Waals surface area contributed by atoms with Gasteiger partial charge in [-0.1, -0.05) is 23.7 Å². The van der Waals surface area contributed by atoms with Crippen molar-refractivity contribution in [1.29, 1.82) is 0 Å². The normalized spacial score (nSPS) is 11.4. The number of ether oxygens (including phenoxy) is 1. The van der Waals surface area contributed by atoms with Crippen LogP contribution in [0.3, 0.4) is 0 Å². The zero-order valence-corrected chi connectivity index (χ0v) is 14.5. The van der Waals surface area contributed by atoms with Gasteiger partial charge in [-0.15, -0.1) is 22.7 Å². The number of nitrogens with zero attached hydrogens (tertiary/aromatic N) is 2. The minimum Gasteiger partial charge on any atom is -0.469 e. The Bertz CT molecular complexity index is 1010. The summed E-state index contributed by atoms with van der Waals surface area (Å²) in [6.07, 6.45) is 0.230. The molecule has 0 fully saturated rings. The molecular weight excluding hydrogens is 352 g/mol. The average Bonchev–Trinajstić information content (AvgIpc) is 3.19. The predicted octanol–water partition coefficient (Wildman–Crippen LogP) is 4.65. The summed E-state index contributed by atoms with van der Waals surface area (Å²) >= 11 is 9.14. The quantitative estimate of drug-likeness (QED) is 0.498. The Morgan fingerprint density at radius 3 is 2.83 bits per heavy atom. The maximum Gasteiger partial charge on any atom is 0.310 e. The lowest BCUT2D eigenvalue weighted by molar-refractivity contribution is -0.139. The molecule has 0 unspecified atom stereocenters. The van der Waals surface area contributed by atoms with Gasteiger partial charge in [0.2, 0.25) is 0 Å². The minimum atomic E-state index is -0.258. The first kappa shape index (κ1) is 14.7. The maximum absolute atomic E-state index is 11.8. The number of fused-ring (bicyclic) bond motifs is 3. The van der Waals surface area contributed by atoms with Gasteiger partial charge in [0, 0.05) is 9.90 Å². The van der Waals surface area contributed by atoms with Crippen LogP contribution in [0.4, 0.5) is 0 Å². The van der Waals surface area contributed by atoms with Crippen molar-refractivity contribution in [2.75, 3.05) is 7.11 Å². The summed E-state index contributed by atoms with van der Waals surface area (Å²) in [6, 6.07) is 9.67. The van der Waals surface area contributed by atoms with E-state index >= 15 is 0 Å². The number of carbonyl (C=O) groups excluding carboxylic acids is 1. The molecular formula is C16H11ClN2O2S2. The van der Waals surface area contributed by atoms with Crippen LogP contribution in [0, 0.1) is 0 Å². The molecule has 3 aromatic heterocycles. The van der Waals surface area contributed by atoms with Crippen LogP contribution in [0.5, 0.6) is 0 Å². The first-order chi connectivity index (χ1) is 11.2. The number of imidazole rings is 1. The summed E-state index contributed by atoms with van der Waals surface area (Å²) in [6.45, 7) is 0. The predicted molar refractivity (Wildman–Crippen MR) is 94.6 cm³/mol. The summed E-state index contributed by atoms with van der Waals surface area (Å²) in [5.74, 6) is -0.258. The fourth-order valence-corrected chi connectivity index (χ4v) is 4.64. The molecule has 0 radical (unpaired) electrons. The van der Waals surface area contributed by atoms with E-state index in [1.54, 1.807) is 11.3 Å². The molecule has 4 aromatic rings. The van der Waals surface area contributed by atoms with Crippen molar-refractivity contribution in [3.8, 4) is 11.3 Å². The van der Waals surface area contributed by atoms with Crippen LogP contribution in [0.15, 0.2) is 35.7 Å². The minimum absolute atomic E-state index is 0.230. The molecule has 0 spiro atoms. The van der Waals surface area contributed by atoms with Crippen molar-refractivity contribution in [2.45, 2.75) is 6.42 Å². The van der Waals surface area contributed by atoms with Gasteiger partial charge in [-0.25, -0.2) is 4.98 Å². The second-order valence-electron chi connectivity index (χ2n) is 4.97. The van der Waals surface area contributed by atoms with Gasteiger partial charge >= 0.3 is 5.97 Å². The number of rotatable bonds is 3. The van der Waals surface area contributed by atoms with Gasteiger partial charge in [-0.3, -0.25) is 9.20 Å². The molecule has 0 amide bonds. The Labute approximate surface area is 144 Å². The van der Waals surface area contributed by atoms with Crippen LogP contribution in [-0.4, -0.2) is 22.5 Å². The highest BCUT2D eigenvalue weighted by Gasteiger charge is 2.20. The molecule has 3 heterocycles. The van der Waals surface area contributed by atoms with Gasteiger partial charge in [0.05, 0.1) is 24.7 Å². The Morgan fingerprint density at radius 1 is 1.30 bits per heavy atom. The van der Waals surface area contributed by atoms with E-state index in [2.05, 4.69) is 9.38 Å². The average molecular weight is 363 g/mol. The summed E-state index contributed by atoms with van der Waals surface area (Å²) in [5, 5.41) is 2.70. The van der Waals surface area contributed by atoms with Crippen molar-refractivity contribution in [1.82, 2.24) is 9.38 Å². The van der Waals surface area contributed by atoms with E-state index in [9.17, 15) is 4.79 Å². The highest BCUT2D eigenvalue weighted by atomic mass is 35.5. The smallest absolute Gasteiger partial charge is 0.310 e. The highest BCUT2D eigenvalue weighted by Crippen LogP contribution is 2.37. The van der Waals surface area contributed by atoms with Crippen LogP contribution in [0.25, 0.3) is 26.6 Å². The van der Waals surface area contributed by atoms with Gasteiger partial charge in [0.1, 0.15) is 4.83 Å². The number of thiophene rings is 1. The Morgan fingerprint density at radius 2 is 2.09 bits per heavy atom. The van der Waals surface area contributed by atoms with Crippen LogP contribution in [-0.2, 0) is 16.0 Å². The standard InChI is InChI=1S/C16H11ClN2O2S2/c1-21-13(20)8-12-14(9-2-4-10(17)5-3-9)19-11-6-7-22-15(11)18-16(19)23-12/h2-7H,8H2,1H3. The van der Waals surface area contributed by atoms with Crippen LogP contribution >= 0.6 is 34.3 Å². The number of methoxy groups -OCH3 is 1. The molecule has 0 bridgehead atoms. The van der Waals surface area contributed by atoms with Crippen molar-refractivity contribution in [3.63, 3.8) is 0 Å². The van der Waals surface area contributed by atoms with E-state index in [1.165, 1.54) is 18.4 Å². The first-order valence-electron chi connectivity index (χ1n) is 6.87.